The Bertz CT molecular complexity index is 1270. The van der Waals surface area contributed by atoms with Gasteiger partial charge in [0.15, 0.2) is 16.0 Å². The molecule has 1 unspecified atom stereocenters. The summed E-state index contributed by atoms with van der Waals surface area (Å²) in [6.45, 7) is 3.41. The number of allylic oxidation sites excluding steroid dienone is 2. The van der Waals surface area contributed by atoms with Crippen LogP contribution in [-0.4, -0.2) is 37.7 Å². The van der Waals surface area contributed by atoms with Crippen molar-refractivity contribution in [1.82, 2.24) is 10.3 Å². The highest BCUT2D eigenvalue weighted by Gasteiger charge is 2.46. The van der Waals surface area contributed by atoms with Gasteiger partial charge >= 0.3 is 6.18 Å². The molecule has 0 aromatic heterocycles. The third-order valence-electron chi connectivity index (χ3n) is 5.38. The molecule has 10 heteroatoms. The second-order valence-electron chi connectivity index (χ2n) is 7.46. The van der Waals surface area contributed by atoms with Gasteiger partial charge in [-0.1, -0.05) is 32.0 Å². The predicted octanol–water partition coefficient (Wildman–Crippen LogP) is 5.07. The number of nitrogens with one attached hydrogen (secondary N) is 1. The lowest BCUT2D eigenvalue weighted by molar-refractivity contribution is -0.100. The lowest BCUT2D eigenvalue weighted by Crippen LogP contribution is -2.42. The molecule has 174 valence electrons. The summed E-state index contributed by atoms with van der Waals surface area (Å²) >= 11 is 0. The summed E-state index contributed by atoms with van der Waals surface area (Å²) in [6.07, 6.45) is -3.04. The van der Waals surface area contributed by atoms with Gasteiger partial charge in [0.1, 0.15) is 11.5 Å². The minimum atomic E-state index is -4.49. The van der Waals surface area contributed by atoms with E-state index < -0.39 is 27.8 Å². The molecular formula is C23H22F3N3O3S. The van der Waals surface area contributed by atoms with E-state index in [4.69, 9.17) is 4.74 Å². The van der Waals surface area contributed by atoms with Crippen molar-refractivity contribution in [2.45, 2.75) is 37.5 Å². The molecule has 0 spiro atoms. The topological polar surface area (TPSA) is 71.0 Å². The molecule has 2 aliphatic heterocycles. The Morgan fingerprint density at radius 1 is 1.09 bits per heavy atom. The largest absolute Gasteiger partial charge is 0.457 e. The van der Waals surface area contributed by atoms with Gasteiger partial charge in [-0.15, -0.1) is 0 Å². The molecule has 1 N–H and O–H groups in total. The standard InChI is InChI=1S/C23H22F3N3O3S/c1-3-20-21(29-22(28-20)19(11-12-27-29)23(24,25)26)15-7-5-8-16(13-15)32-17-9-6-10-18(14-17)33(30,31)4-2/h5-14,22,28H,3-4H2,1-2H3. The lowest BCUT2D eigenvalue weighted by Gasteiger charge is -2.29. The summed E-state index contributed by atoms with van der Waals surface area (Å²) in [4.78, 5) is 0.159. The molecule has 0 radical (unpaired) electrons. The Balaban J connectivity index is 1.65. The van der Waals surface area contributed by atoms with Crippen LogP contribution >= 0.6 is 0 Å². The van der Waals surface area contributed by atoms with Gasteiger partial charge in [-0.25, -0.2) is 13.4 Å². The first-order valence-corrected chi connectivity index (χ1v) is 12.0. The Hall–Kier alpha value is -3.27. The number of ether oxygens (including phenoxy) is 1. The number of alkyl halides is 3. The van der Waals surface area contributed by atoms with E-state index >= 15 is 0 Å². The van der Waals surface area contributed by atoms with Crippen LogP contribution in [0.4, 0.5) is 13.2 Å². The van der Waals surface area contributed by atoms with Gasteiger partial charge in [0.05, 0.1) is 21.9 Å². The van der Waals surface area contributed by atoms with Crippen LogP contribution < -0.4 is 10.1 Å². The van der Waals surface area contributed by atoms with Crippen LogP contribution in [0, 0.1) is 0 Å². The van der Waals surface area contributed by atoms with Crippen molar-refractivity contribution in [2.75, 3.05) is 5.75 Å². The van der Waals surface area contributed by atoms with E-state index in [1.165, 1.54) is 17.1 Å². The monoisotopic (exact) mass is 477 g/mol. The van der Waals surface area contributed by atoms with Gasteiger partial charge in [-0.2, -0.15) is 18.3 Å². The number of sulfone groups is 1. The minimum absolute atomic E-state index is 0.0290. The number of fused-ring (bicyclic) bond motifs is 1. The summed E-state index contributed by atoms with van der Waals surface area (Å²) in [5.74, 6) is 0.725. The van der Waals surface area contributed by atoms with E-state index in [-0.39, 0.29) is 10.6 Å². The van der Waals surface area contributed by atoms with Crippen molar-refractivity contribution in [3.63, 3.8) is 0 Å². The molecule has 0 saturated carbocycles. The van der Waals surface area contributed by atoms with Crippen molar-refractivity contribution in [3.8, 4) is 11.5 Å². The summed E-state index contributed by atoms with van der Waals surface area (Å²) in [6, 6.07) is 13.1. The summed E-state index contributed by atoms with van der Waals surface area (Å²) in [5, 5.41) is 8.45. The summed E-state index contributed by atoms with van der Waals surface area (Å²) < 4.78 is 70.7. The number of halogens is 3. The van der Waals surface area contributed by atoms with Crippen LogP contribution in [0.15, 0.2) is 75.9 Å². The molecule has 6 nitrogen and oxygen atoms in total. The Labute approximate surface area is 190 Å². The van der Waals surface area contributed by atoms with Crippen molar-refractivity contribution < 1.29 is 26.3 Å². The molecule has 0 fully saturated rings. The first-order valence-electron chi connectivity index (χ1n) is 10.4. The van der Waals surface area contributed by atoms with Gasteiger partial charge in [0.2, 0.25) is 0 Å². The number of rotatable bonds is 6. The highest BCUT2D eigenvalue weighted by Crippen LogP contribution is 2.40. The summed E-state index contributed by atoms with van der Waals surface area (Å²) in [5.41, 5.74) is 1.06. The van der Waals surface area contributed by atoms with E-state index in [1.807, 2.05) is 6.92 Å². The molecule has 0 bridgehead atoms. The second-order valence-corrected chi connectivity index (χ2v) is 9.74. The number of hydrogen-bond acceptors (Lipinski definition) is 6. The Kier molecular flexibility index (Phi) is 5.96. The molecule has 2 heterocycles. The van der Waals surface area contributed by atoms with Crippen LogP contribution in [0.5, 0.6) is 11.5 Å². The fourth-order valence-electron chi connectivity index (χ4n) is 3.74. The third-order valence-corrected chi connectivity index (χ3v) is 7.11. The van der Waals surface area contributed by atoms with Crippen LogP contribution in [0.2, 0.25) is 0 Å². The molecule has 2 aromatic carbocycles. The molecule has 4 rings (SSSR count). The number of hydrogen-bond donors (Lipinski definition) is 1. The maximum Gasteiger partial charge on any atom is 0.416 e. The van der Waals surface area contributed by atoms with Crippen molar-refractivity contribution in [2.24, 2.45) is 5.10 Å². The smallest absolute Gasteiger partial charge is 0.416 e. The maximum atomic E-state index is 13.5. The quantitative estimate of drug-likeness (QED) is 0.629. The molecule has 0 amide bonds. The van der Waals surface area contributed by atoms with Gasteiger partial charge in [-0.3, -0.25) is 0 Å². The van der Waals surface area contributed by atoms with Crippen molar-refractivity contribution in [3.05, 3.63) is 71.4 Å². The fourth-order valence-corrected chi connectivity index (χ4v) is 4.65. The Morgan fingerprint density at radius 3 is 2.45 bits per heavy atom. The van der Waals surface area contributed by atoms with Crippen molar-refractivity contribution >= 4 is 21.7 Å². The molecule has 2 aromatic rings. The molecule has 0 saturated heterocycles. The van der Waals surface area contributed by atoms with Gasteiger partial charge < -0.3 is 10.1 Å². The Morgan fingerprint density at radius 2 is 1.79 bits per heavy atom. The minimum Gasteiger partial charge on any atom is -0.457 e. The zero-order valence-corrected chi connectivity index (χ0v) is 18.7. The molecule has 1 atom stereocenters. The average Bonchev–Trinajstić information content (AvgIpc) is 3.17. The van der Waals surface area contributed by atoms with Crippen LogP contribution in [0.25, 0.3) is 5.70 Å². The normalized spacial score (nSPS) is 18.2. The van der Waals surface area contributed by atoms with Crippen molar-refractivity contribution in [1.29, 1.82) is 0 Å². The van der Waals surface area contributed by atoms with E-state index in [2.05, 4.69) is 10.4 Å². The van der Waals surface area contributed by atoms with Gasteiger partial charge in [0.25, 0.3) is 0 Å². The predicted molar refractivity (Wildman–Crippen MR) is 119 cm³/mol. The van der Waals surface area contributed by atoms with Gasteiger partial charge in [-0.05, 0) is 42.8 Å². The molecule has 2 aliphatic rings. The third kappa shape index (κ3) is 4.47. The highest BCUT2D eigenvalue weighted by molar-refractivity contribution is 7.91. The number of hydrazone groups is 1. The first-order chi connectivity index (χ1) is 15.6. The van der Waals surface area contributed by atoms with Gasteiger partial charge in [0, 0.05) is 17.5 Å². The van der Waals surface area contributed by atoms with Crippen LogP contribution in [-0.2, 0) is 9.84 Å². The molecule has 33 heavy (non-hydrogen) atoms. The zero-order valence-electron chi connectivity index (χ0n) is 17.9. The molecule has 0 aliphatic carbocycles. The fraction of sp³-hybridized carbons (Fsp3) is 0.261. The number of benzene rings is 2. The SMILES string of the molecule is CCC1=C(c2cccc(Oc3cccc(S(=O)(=O)CC)c3)c2)N2N=CC=C(C(F)(F)F)C2N1. The average molecular weight is 478 g/mol. The number of nitrogens with zero attached hydrogens (tertiary/aromatic N) is 2. The maximum absolute atomic E-state index is 13.5. The highest BCUT2D eigenvalue weighted by atomic mass is 32.2. The first kappa shape index (κ1) is 22.9. The van der Waals surface area contributed by atoms with Crippen LogP contribution in [0.3, 0.4) is 0 Å². The zero-order chi connectivity index (χ0) is 23.8. The second kappa shape index (κ2) is 8.58. The van der Waals surface area contributed by atoms with E-state index in [9.17, 15) is 21.6 Å². The molecular weight excluding hydrogens is 455 g/mol. The van der Waals surface area contributed by atoms with E-state index in [0.717, 1.165) is 12.3 Å². The van der Waals surface area contributed by atoms with Crippen LogP contribution in [0.1, 0.15) is 25.8 Å². The van der Waals surface area contributed by atoms with E-state index in [0.29, 0.717) is 34.9 Å². The van der Waals surface area contributed by atoms with E-state index in [1.54, 1.807) is 43.3 Å². The summed E-state index contributed by atoms with van der Waals surface area (Å²) in [7, 11) is -3.39. The lowest BCUT2D eigenvalue weighted by atomic mass is 10.1.